The second kappa shape index (κ2) is 6.21. The largest absolute Gasteiger partial charge is 0.543 e. The number of para-hydroxylation sites is 1. The highest BCUT2D eigenvalue weighted by atomic mass is 16.4. The van der Waals surface area contributed by atoms with Crippen LogP contribution in [0.25, 0.3) is 21.7 Å². The van der Waals surface area contributed by atoms with Crippen molar-refractivity contribution in [2.24, 2.45) is 0 Å². The fraction of sp³-hybridized carbons (Fsp3) is 0.100. The van der Waals surface area contributed by atoms with Crippen LogP contribution in [0.1, 0.15) is 33.8 Å². The van der Waals surface area contributed by atoms with Crippen LogP contribution >= 0.6 is 0 Å². The summed E-state index contributed by atoms with van der Waals surface area (Å²) in [6.07, 6.45) is 1.58. The third-order valence-corrected chi connectivity index (χ3v) is 4.62. The Morgan fingerprint density at radius 2 is 1.67 bits per heavy atom. The Morgan fingerprint density at radius 1 is 1.04 bits per heavy atom. The molecule has 0 saturated heterocycles. The van der Waals surface area contributed by atoms with E-state index in [1.54, 1.807) is 24.4 Å². The Balaban J connectivity index is 1.89. The summed E-state index contributed by atoms with van der Waals surface area (Å²) in [4.78, 5) is 40.3. The van der Waals surface area contributed by atoms with Crippen molar-refractivity contribution in [1.29, 1.82) is 0 Å². The minimum absolute atomic E-state index is 0.172. The van der Waals surface area contributed by atoms with Crippen LogP contribution in [0.15, 0.2) is 59.5 Å². The number of rotatable bonds is 4. The summed E-state index contributed by atoms with van der Waals surface area (Å²) in [6, 6.07) is 12.5. The summed E-state index contributed by atoms with van der Waals surface area (Å²) in [5, 5.41) is 16.5. The van der Waals surface area contributed by atoms with Gasteiger partial charge in [-0.2, -0.15) is 5.10 Å². The van der Waals surface area contributed by atoms with E-state index in [4.69, 9.17) is 0 Å². The van der Waals surface area contributed by atoms with Gasteiger partial charge >= 0.3 is 0 Å². The molecule has 0 fully saturated rings. The molecule has 0 radical (unpaired) electrons. The molecule has 134 valence electrons. The van der Waals surface area contributed by atoms with Crippen molar-refractivity contribution in [2.45, 2.75) is 13.0 Å². The van der Waals surface area contributed by atoms with Gasteiger partial charge in [0.1, 0.15) is 11.7 Å². The van der Waals surface area contributed by atoms with Crippen LogP contribution in [0.5, 0.6) is 0 Å². The zero-order valence-corrected chi connectivity index (χ0v) is 14.3. The van der Waals surface area contributed by atoms with E-state index in [9.17, 15) is 19.5 Å². The molecule has 7 heteroatoms. The van der Waals surface area contributed by atoms with Gasteiger partial charge in [-0.3, -0.25) is 9.59 Å². The predicted octanol–water partition coefficient (Wildman–Crippen LogP) is 1.69. The van der Waals surface area contributed by atoms with Gasteiger partial charge in [-0.15, -0.1) is 0 Å². The second-order valence-electron chi connectivity index (χ2n) is 6.22. The van der Waals surface area contributed by atoms with E-state index in [1.165, 1.54) is 19.1 Å². The molecular weight excluding hydrogens is 346 g/mol. The van der Waals surface area contributed by atoms with E-state index in [0.717, 1.165) is 15.6 Å². The first-order valence-electron chi connectivity index (χ1n) is 8.32. The Hall–Kier alpha value is -3.74. The highest BCUT2D eigenvalue weighted by molar-refractivity contribution is 6.09. The number of hydrogen-bond donors (Lipinski definition) is 1. The van der Waals surface area contributed by atoms with Crippen LogP contribution in [0.2, 0.25) is 0 Å². The van der Waals surface area contributed by atoms with Gasteiger partial charge in [0.15, 0.2) is 5.78 Å². The lowest BCUT2D eigenvalue weighted by Crippen LogP contribution is -2.34. The van der Waals surface area contributed by atoms with Crippen LogP contribution in [-0.2, 0) is 0 Å². The summed E-state index contributed by atoms with van der Waals surface area (Å²) in [6.45, 7) is 1.52. The molecule has 0 aliphatic heterocycles. The summed E-state index contributed by atoms with van der Waals surface area (Å²) < 4.78 is 0.914. The predicted molar refractivity (Wildman–Crippen MR) is 97.7 cm³/mol. The number of aromatic carboxylic acids is 1. The van der Waals surface area contributed by atoms with Crippen LogP contribution in [-0.4, -0.2) is 26.5 Å². The average Bonchev–Trinajstić information content (AvgIpc) is 3.11. The van der Waals surface area contributed by atoms with Gasteiger partial charge in [0.2, 0.25) is 0 Å². The van der Waals surface area contributed by atoms with Crippen LogP contribution in [0.3, 0.4) is 0 Å². The minimum Gasteiger partial charge on any atom is -0.543 e. The molecule has 2 aromatic carbocycles. The number of nitrogens with zero attached hydrogens (tertiary/aromatic N) is 2. The molecule has 0 aliphatic carbocycles. The van der Waals surface area contributed by atoms with Gasteiger partial charge in [0.05, 0.1) is 11.4 Å². The number of fused-ring (bicyclic) bond motifs is 2. The molecule has 27 heavy (non-hydrogen) atoms. The SMILES string of the molecule is C[C@@H](C(=O)c1c[nH]c2ccccc12)n1nc(C(=O)[O-])c2ccccc2c1=O. The third-order valence-electron chi connectivity index (χ3n) is 4.62. The quantitative estimate of drug-likeness (QED) is 0.557. The van der Waals surface area contributed by atoms with Crippen LogP contribution in [0.4, 0.5) is 0 Å². The molecule has 0 saturated carbocycles. The number of Topliss-reactive ketones (excluding diaryl/α,β-unsaturated/α-hetero) is 1. The molecule has 0 bridgehead atoms. The summed E-state index contributed by atoms with van der Waals surface area (Å²) in [5.41, 5.74) is 0.303. The molecule has 0 amide bonds. The number of carbonyl (C=O) groups excluding carboxylic acids is 2. The number of carbonyl (C=O) groups is 2. The maximum absolute atomic E-state index is 13.0. The Morgan fingerprint density at radius 3 is 2.37 bits per heavy atom. The molecule has 0 aliphatic rings. The maximum atomic E-state index is 13.0. The number of nitrogens with one attached hydrogen (secondary N) is 1. The van der Waals surface area contributed by atoms with Crippen molar-refractivity contribution in [3.8, 4) is 0 Å². The van der Waals surface area contributed by atoms with Crippen molar-refractivity contribution >= 4 is 33.4 Å². The standard InChI is InChI=1S/C20H15N3O4/c1-11(18(24)15-10-21-16-9-5-4-6-12(15)16)23-19(25)14-8-3-2-7-13(14)17(22-23)20(26)27/h2-11,21H,1H3,(H,26,27)/p-1/t11-/m0/s1. The smallest absolute Gasteiger partial charge is 0.275 e. The van der Waals surface area contributed by atoms with Gasteiger partial charge in [-0.1, -0.05) is 36.4 Å². The monoisotopic (exact) mass is 360 g/mol. The second-order valence-corrected chi connectivity index (χ2v) is 6.22. The van der Waals surface area contributed by atoms with Gasteiger partial charge in [0, 0.05) is 28.0 Å². The Labute approximate surface area is 152 Å². The summed E-state index contributed by atoms with van der Waals surface area (Å²) >= 11 is 0. The number of hydrogen-bond acceptors (Lipinski definition) is 5. The summed E-state index contributed by atoms with van der Waals surface area (Å²) in [7, 11) is 0. The van der Waals surface area contributed by atoms with Crippen molar-refractivity contribution in [1.82, 2.24) is 14.8 Å². The molecule has 0 spiro atoms. The number of H-pyrrole nitrogens is 1. The molecular formula is C20H14N3O4-. The topological polar surface area (TPSA) is 108 Å². The number of carboxylic acid groups (broad SMARTS) is 1. The molecule has 1 N–H and O–H groups in total. The summed E-state index contributed by atoms with van der Waals surface area (Å²) in [5.74, 6) is -1.85. The first kappa shape index (κ1) is 16.7. The highest BCUT2D eigenvalue weighted by Crippen LogP contribution is 2.23. The van der Waals surface area contributed by atoms with Crippen LogP contribution in [0, 0.1) is 0 Å². The molecule has 4 aromatic rings. The van der Waals surface area contributed by atoms with E-state index < -0.39 is 17.6 Å². The molecule has 2 aromatic heterocycles. The molecule has 1 atom stereocenters. The first-order valence-corrected chi connectivity index (χ1v) is 8.32. The molecule has 4 rings (SSSR count). The van der Waals surface area contributed by atoms with Crippen molar-refractivity contribution in [3.05, 3.63) is 76.3 Å². The Bertz CT molecular complexity index is 1270. The molecule has 7 nitrogen and oxygen atoms in total. The number of aromatic nitrogens is 3. The van der Waals surface area contributed by atoms with E-state index in [0.29, 0.717) is 5.56 Å². The maximum Gasteiger partial charge on any atom is 0.275 e. The third kappa shape index (κ3) is 2.60. The van der Waals surface area contributed by atoms with Gasteiger partial charge < -0.3 is 14.9 Å². The highest BCUT2D eigenvalue weighted by Gasteiger charge is 2.24. The number of benzene rings is 2. The number of carboxylic acids is 1. The van der Waals surface area contributed by atoms with E-state index in [-0.39, 0.29) is 22.2 Å². The van der Waals surface area contributed by atoms with E-state index in [2.05, 4.69) is 10.1 Å². The van der Waals surface area contributed by atoms with E-state index in [1.807, 2.05) is 18.2 Å². The van der Waals surface area contributed by atoms with Gasteiger partial charge in [-0.25, -0.2) is 4.68 Å². The molecule has 2 heterocycles. The lowest BCUT2D eigenvalue weighted by atomic mass is 10.0. The number of aromatic amines is 1. The lowest BCUT2D eigenvalue weighted by molar-refractivity contribution is -0.255. The van der Waals surface area contributed by atoms with E-state index >= 15 is 0 Å². The van der Waals surface area contributed by atoms with Crippen molar-refractivity contribution < 1.29 is 14.7 Å². The zero-order chi connectivity index (χ0) is 19.1. The number of ketones is 1. The molecule has 0 unspecified atom stereocenters. The lowest BCUT2D eigenvalue weighted by Gasteiger charge is -2.16. The van der Waals surface area contributed by atoms with Gasteiger partial charge in [0.25, 0.3) is 5.56 Å². The Kier molecular flexibility index (Phi) is 3.84. The van der Waals surface area contributed by atoms with Crippen molar-refractivity contribution in [2.75, 3.05) is 0 Å². The fourth-order valence-electron chi connectivity index (χ4n) is 3.23. The normalized spacial score (nSPS) is 12.3. The van der Waals surface area contributed by atoms with Crippen LogP contribution < -0.4 is 10.7 Å². The fourth-order valence-corrected chi connectivity index (χ4v) is 3.23. The first-order chi connectivity index (χ1) is 13.0. The van der Waals surface area contributed by atoms with Crippen molar-refractivity contribution in [3.63, 3.8) is 0 Å². The minimum atomic E-state index is -1.51. The zero-order valence-electron chi connectivity index (χ0n) is 14.3. The average molecular weight is 360 g/mol. The van der Waals surface area contributed by atoms with Gasteiger partial charge in [-0.05, 0) is 19.1 Å².